The Balaban J connectivity index is 1.52. The average molecular weight is 438 g/mol. The third-order valence-electron chi connectivity index (χ3n) is 5.57. The Morgan fingerprint density at radius 3 is 2.59 bits per heavy atom. The zero-order valence-electron chi connectivity index (χ0n) is 15.8. The van der Waals surface area contributed by atoms with Gasteiger partial charge < -0.3 is 9.64 Å². The Kier molecular flexibility index (Phi) is 4.32. The van der Waals surface area contributed by atoms with Crippen molar-refractivity contribution in [1.29, 1.82) is 0 Å². The number of aromatic nitrogens is 4. The molecule has 0 atom stereocenters. The fourth-order valence-electron chi connectivity index (χ4n) is 4.12. The number of hydrogen-bond acceptors (Lipinski definition) is 5. The van der Waals surface area contributed by atoms with Gasteiger partial charge in [-0.05, 0) is 74.2 Å². The van der Waals surface area contributed by atoms with Crippen LogP contribution in [0.2, 0.25) is 0 Å². The number of nitrogens with one attached hydrogen (secondary N) is 1. The van der Waals surface area contributed by atoms with E-state index in [0.717, 1.165) is 36.9 Å². The fraction of sp³-hybridized carbons (Fsp3) is 0.667. The number of aryl methyl sites for hydroxylation is 1. The maximum Gasteiger partial charge on any atom is 0.410 e. The number of halogens is 1. The molecule has 146 valence electrons. The van der Waals surface area contributed by atoms with Crippen molar-refractivity contribution < 1.29 is 9.53 Å². The number of ether oxygens (including phenoxy) is 1. The van der Waals surface area contributed by atoms with Crippen molar-refractivity contribution in [3.63, 3.8) is 0 Å². The molecule has 1 amide bonds. The predicted octanol–water partition coefficient (Wildman–Crippen LogP) is 2.69. The largest absolute Gasteiger partial charge is 0.444 e. The smallest absolute Gasteiger partial charge is 0.410 e. The molecule has 1 aliphatic heterocycles. The second kappa shape index (κ2) is 6.32. The van der Waals surface area contributed by atoms with Crippen molar-refractivity contribution in [2.75, 3.05) is 13.1 Å². The molecule has 0 radical (unpaired) electrons. The molecule has 0 bridgehead atoms. The summed E-state index contributed by atoms with van der Waals surface area (Å²) < 4.78 is 7.38. The predicted molar refractivity (Wildman–Crippen MR) is 103 cm³/mol. The highest BCUT2D eigenvalue weighted by atomic mass is 79.9. The second-order valence-electron chi connectivity index (χ2n) is 8.64. The maximum absolute atomic E-state index is 12.9. The minimum atomic E-state index is -0.486. The normalized spacial score (nSPS) is 19.3. The molecule has 2 aromatic rings. The topological polar surface area (TPSA) is 92.6 Å². The van der Waals surface area contributed by atoms with Crippen molar-refractivity contribution >= 4 is 27.8 Å². The van der Waals surface area contributed by atoms with Crippen LogP contribution in [0.3, 0.4) is 0 Å². The highest BCUT2D eigenvalue weighted by Gasteiger charge is 2.41. The van der Waals surface area contributed by atoms with Gasteiger partial charge in [-0.3, -0.25) is 9.89 Å². The minimum absolute atomic E-state index is 0.0534. The number of amides is 1. The molecule has 4 rings (SSSR count). The number of carbonyl (C=O) groups excluding carboxylic acids is 1. The Labute approximate surface area is 165 Å². The number of fused-ring (bicyclic) bond motifs is 2. The van der Waals surface area contributed by atoms with Crippen LogP contribution < -0.4 is 5.56 Å². The van der Waals surface area contributed by atoms with Gasteiger partial charge in [0.1, 0.15) is 5.60 Å². The molecule has 8 nitrogen and oxygen atoms in total. The SMILES string of the molecule is CC(C)(C)OC(=O)N1CCC2(CCc3nc4nc(Br)[nH]n4c(=O)c3C2)CC1. The van der Waals surface area contributed by atoms with Gasteiger partial charge in [-0.25, -0.2) is 9.78 Å². The summed E-state index contributed by atoms with van der Waals surface area (Å²) in [6.45, 7) is 6.96. The number of H-pyrrole nitrogens is 1. The lowest BCUT2D eigenvalue weighted by atomic mass is 9.67. The maximum atomic E-state index is 12.9. The van der Waals surface area contributed by atoms with E-state index in [1.807, 2.05) is 20.8 Å². The first-order valence-corrected chi connectivity index (χ1v) is 10.1. The Bertz CT molecular complexity index is 950. The fourth-order valence-corrected chi connectivity index (χ4v) is 4.45. The van der Waals surface area contributed by atoms with Crippen LogP contribution in [0.25, 0.3) is 5.78 Å². The number of hydrogen-bond donors (Lipinski definition) is 1. The molecule has 1 spiro atoms. The van der Waals surface area contributed by atoms with E-state index in [1.54, 1.807) is 4.90 Å². The van der Waals surface area contributed by atoms with Crippen molar-refractivity contribution in [1.82, 2.24) is 24.5 Å². The summed E-state index contributed by atoms with van der Waals surface area (Å²) in [5.74, 6) is 0.404. The van der Waals surface area contributed by atoms with Gasteiger partial charge in [0.25, 0.3) is 11.3 Å². The summed E-state index contributed by atoms with van der Waals surface area (Å²) in [6.07, 6.45) is 3.96. The van der Waals surface area contributed by atoms with Gasteiger partial charge in [0.2, 0.25) is 0 Å². The van der Waals surface area contributed by atoms with Gasteiger partial charge in [0.05, 0.1) is 5.69 Å². The van der Waals surface area contributed by atoms with Crippen molar-refractivity contribution in [3.05, 3.63) is 26.3 Å². The number of rotatable bonds is 0. The first-order chi connectivity index (χ1) is 12.7. The molecule has 2 aliphatic rings. The molecule has 2 aromatic heterocycles. The number of likely N-dealkylation sites (tertiary alicyclic amines) is 1. The number of aromatic amines is 1. The number of nitrogens with zero attached hydrogens (tertiary/aromatic N) is 4. The molecule has 1 saturated heterocycles. The summed E-state index contributed by atoms with van der Waals surface area (Å²) in [5.41, 5.74) is 1.14. The average Bonchev–Trinajstić information content (AvgIpc) is 2.96. The quantitative estimate of drug-likeness (QED) is 0.683. The standard InChI is InChI=1S/C18H24BrN5O3/c1-17(2,3)27-16(26)23-8-6-18(7-9-23)5-4-12-11(10-18)13(25)24-15(20-12)21-14(19)22-24/h4-10H2,1-3H3,(H,20,21,22). The van der Waals surface area contributed by atoms with E-state index in [2.05, 4.69) is 31.0 Å². The van der Waals surface area contributed by atoms with Gasteiger partial charge >= 0.3 is 6.09 Å². The van der Waals surface area contributed by atoms with E-state index in [-0.39, 0.29) is 17.1 Å². The van der Waals surface area contributed by atoms with Crippen LogP contribution in [0.5, 0.6) is 0 Å². The molecule has 0 saturated carbocycles. The Hall–Kier alpha value is -1.90. The van der Waals surface area contributed by atoms with E-state index >= 15 is 0 Å². The number of piperidine rings is 1. The van der Waals surface area contributed by atoms with Gasteiger partial charge in [-0.2, -0.15) is 9.50 Å². The van der Waals surface area contributed by atoms with Gasteiger partial charge in [-0.15, -0.1) is 0 Å². The monoisotopic (exact) mass is 437 g/mol. The molecule has 27 heavy (non-hydrogen) atoms. The van der Waals surface area contributed by atoms with Gasteiger partial charge in [-0.1, -0.05) is 0 Å². The molecular weight excluding hydrogens is 414 g/mol. The van der Waals surface area contributed by atoms with Gasteiger partial charge in [0.15, 0.2) is 4.73 Å². The van der Waals surface area contributed by atoms with Crippen LogP contribution in [0.15, 0.2) is 9.53 Å². The first kappa shape index (κ1) is 18.5. The third-order valence-corrected chi connectivity index (χ3v) is 5.92. The summed E-state index contributed by atoms with van der Waals surface area (Å²) in [7, 11) is 0. The molecule has 1 fully saturated rings. The minimum Gasteiger partial charge on any atom is -0.444 e. The van der Waals surface area contributed by atoms with Gasteiger partial charge in [0, 0.05) is 18.7 Å². The van der Waals surface area contributed by atoms with E-state index in [0.29, 0.717) is 30.0 Å². The lowest BCUT2D eigenvalue weighted by Crippen LogP contribution is -2.47. The molecule has 1 aliphatic carbocycles. The zero-order valence-corrected chi connectivity index (χ0v) is 17.4. The summed E-state index contributed by atoms with van der Waals surface area (Å²) >= 11 is 3.26. The summed E-state index contributed by atoms with van der Waals surface area (Å²) in [6, 6.07) is 0. The lowest BCUT2D eigenvalue weighted by Gasteiger charge is -2.44. The van der Waals surface area contributed by atoms with Crippen LogP contribution in [0.4, 0.5) is 4.79 Å². The second-order valence-corrected chi connectivity index (χ2v) is 9.39. The van der Waals surface area contributed by atoms with Crippen LogP contribution in [0, 0.1) is 5.41 Å². The van der Waals surface area contributed by atoms with Crippen molar-refractivity contribution in [2.45, 2.75) is 58.5 Å². The third kappa shape index (κ3) is 3.49. The molecule has 9 heteroatoms. The zero-order chi connectivity index (χ0) is 19.4. The van der Waals surface area contributed by atoms with Crippen LogP contribution in [-0.4, -0.2) is 49.3 Å². The molecule has 0 unspecified atom stereocenters. The van der Waals surface area contributed by atoms with E-state index in [4.69, 9.17) is 4.74 Å². The van der Waals surface area contributed by atoms with Crippen LogP contribution in [-0.2, 0) is 17.6 Å². The lowest BCUT2D eigenvalue weighted by molar-refractivity contribution is 0.00801. The molecular formula is C18H24BrN5O3. The van der Waals surface area contributed by atoms with Crippen LogP contribution >= 0.6 is 15.9 Å². The Morgan fingerprint density at radius 1 is 1.22 bits per heavy atom. The number of carbonyl (C=O) groups is 1. The summed E-state index contributed by atoms with van der Waals surface area (Å²) in [4.78, 5) is 35.7. The Morgan fingerprint density at radius 2 is 1.93 bits per heavy atom. The first-order valence-electron chi connectivity index (χ1n) is 9.30. The van der Waals surface area contributed by atoms with E-state index in [1.165, 1.54) is 4.52 Å². The molecule has 1 N–H and O–H groups in total. The van der Waals surface area contributed by atoms with Crippen molar-refractivity contribution in [2.24, 2.45) is 5.41 Å². The highest BCUT2D eigenvalue weighted by Crippen LogP contribution is 2.42. The molecule has 3 heterocycles. The van der Waals surface area contributed by atoms with E-state index in [9.17, 15) is 9.59 Å². The van der Waals surface area contributed by atoms with Crippen molar-refractivity contribution in [3.8, 4) is 0 Å². The summed E-state index contributed by atoms with van der Waals surface area (Å²) in [5, 5.41) is 2.89. The molecule has 0 aromatic carbocycles. The van der Waals surface area contributed by atoms with Crippen LogP contribution in [0.1, 0.15) is 51.3 Å². The highest BCUT2D eigenvalue weighted by molar-refractivity contribution is 9.10. The van der Waals surface area contributed by atoms with E-state index < -0.39 is 5.60 Å².